The summed E-state index contributed by atoms with van der Waals surface area (Å²) in [6, 6.07) is 3.25. The Morgan fingerprint density at radius 3 is 2.67 bits per heavy atom. The van der Waals surface area contributed by atoms with E-state index in [1.54, 1.807) is 0 Å². The number of halogens is 1. The van der Waals surface area contributed by atoms with Crippen molar-refractivity contribution in [3.63, 3.8) is 0 Å². The smallest absolute Gasteiger partial charge is 0.255 e. The van der Waals surface area contributed by atoms with Crippen LogP contribution in [0.2, 0.25) is 0 Å². The van der Waals surface area contributed by atoms with Gasteiger partial charge in [-0.2, -0.15) is 0 Å². The Kier molecular flexibility index (Phi) is 4.46. The summed E-state index contributed by atoms with van der Waals surface area (Å²) >= 11 is 5.12. The number of aromatic hydroxyl groups is 1. The minimum Gasteiger partial charge on any atom is -0.507 e. The predicted molar refractivity (Wildman–Crippen MR) is 82.7 cm³/mol. The minimum absolute atomic E-state index is 0.107. The topological polar surface area (TPSA) is 75.3 Å². The van der Waals surface area contributed by atoms with E-state index in [9.17, 15) is 14.3 Å². The molecule has 0 unspecified atom stereocenters. The number of hydrogen-bond acceptors (Lipinski definition) is 3. The molecule has 1 aliphatic carbocycles. The van der Waals surface area contributed by atoms with E-state index >= 15 is 0 Å². The molecule has 0 spiro atoms. The third-order valence-electron chi connectivity index (χ3n) is 4.16. The van der Waals surface area contributed by atoms with E-state index in [-0.39, 0.29) is 16.3 Å². The molecule has 0 radical (unpaired) electrons. The number of benzene rings is 1. The molecule has 1 saturated carbocycles. The standard InChI is InChI=1S/C15H19FN2O2S/c1-9-4-6-15(7-5-9,14(17)21)18-13(20)11-8-10(16)2-3-12(11)19/h2-3,8-9,19H,4-7H2,1H3,(H2,17,21)(H,18,20). The number of thiocarbonyl (C=S) groups is 1. The summed E-state index contributed by atoms with van der Waals surface area (Å²) in [4.78, 5) is 12.6. The Balaban J connectivity index is 2.23. The van der Waals surface area contributed by atoms with E-state index < -0.39 is 17.3 Å². The third-order valence-corrected chi connectivity index (χ3v) is 4.55. The fourth-order valence-corrected chi connectivity index (χ4v) is 2.92. The summed E-state index contributed by atoms with van der Waals surface area (Å²) in [5.74, 6) is -0.850. The van der Waals surface area contributed by atoms with Crippen molar-refractivity contribution in [2.45, 2.75) is 38.1 Å². The molecule has 6 heteroatoms. The van der Waals surface area contributed by atoms with E-state index in [0.29, 0.717) is 18.8 Å². The zero-order valence-electron chi connectivity index (χ0n) is 11.9. The molecule has 2 rings (SSSR count). The highest BCUT2D eigenvalue weighted by Crippen LogP contribution is 2.33. The second-order valence-corrected chi connectivity index (χ2v) is 6.18. The summed E-state index contributed by atoms with van der Waals surface area (Å²) in [6.45, 7) is 2.14. The molecule has 0 heterocycles. The molecular weight excluding hydrogens is 291 g/mol. The second kappa shape index (κ2) is 5.97. The summed E-state index contributed by atoms with van der Waals surface area (Å²) in [5, 5.41) is 12.5. The highest BCUT2D eigenvalue weighted by atomic mass is 32.1. The Hall–Kier alpha value is -1.69. The molecule has 1 aromatic rings. The monoisotopic (exact) mass is 310 g/mol. The lowest BCUT2D eigenvalue weighted by Gasteiger charge is -2.39. The predicted octanol–water partition coefficient (Wildman–Crippen LogP) is 2.50. The maximum Gasteiger partial charge on any atom is 0.255 e. The van der Waals surface area contributed by atoms with Crippen LogP contribution in [-0.4, -0.2) is 21.5 Å². The number of carbonyl (C=O) groups is 1. The third kappa shape index (κ3) is 3.32. The van der Waals surface area contributed by atoms with Crippen molar-refractivity contribution >= 4 is 23.1 Å². The van der Waals surface area contributed by atoms with Gasteiger partial charge in [0.1, 0.15) is 11.6 Å². The van der Waals surface area contributed by atoms with Crippen LogP contribution < -0.4 is 11.1 Å². The molecule has 0 aromatic heterocycles. The van der Waals surface area contributed by atoms with Gasteiger partial charge in [-0.15, -0.1) is 0 Å². The van der Waals surface area contributed by atoms with Crippen molar-refractivity contribution in [1.82, 2.24) is 5.32 Å². The molecule has 1 amide bonds. The summed E-state index contributed by atoms with van der Waals surface area (Å²) in [6.07, 6.45) is 3.14. The van der Waals surface area contributed by atoms with Crippen molar-refractivity contribution in [1.29, 1.82) is 0 Å². The van der Waals surface area contributed by atoms with Crippen LogP contribution in [0, 0.1) is 11.7 Å². The number of carbonyl (C=O) groups excluding carboxylic acids is 1. The van der Waals surface area contributed by atoms with Gasteiger partial charge in [-0.25, -0.2) is 4.39 Å². The van der Waals surface area contributed by atoms with Crippen LogP contribution in [0.4, 0.5) is 4.39 Å². The molecule has 21 heavy (non-hydrogen) atoms. The van der Waals surface area contributed by atoms with E-state index in [1.165, 1.54) is 0 Å². The van der Waals surface area contributed by atoms with Crippen molar-refractivity contribution in [3.05, 3.63) is 29.6 Å². The quantitative estimate of drug-likeness (QED) is 0.750. The zero-order valence-corrected chi connectivity index (χ0v) is 12.7. The van der Waals surface area contributed by atoms with E-state index in [1.807, 2.05) is 0 Å². The lowest BCUT2D eigenvalue weighted by molar-refractivity contribution is 0.0897. The van der Waals surface area contributed by atoms with Gasteiger partial charge in [-0.05, 0) is 49.8 Å². The lowest BCUT2D eigenvalue weighted by Crippen LogP contribution is -2.58. The maximum absolute atomic E-state index is 13.2. The molecule has 1 aromatic carbocycles. The second-order valence-electron chi connectivity index (χ2n) is 5.74. The zero-order chi connectivity index (χ0) is 15.6. The van der Waals surface area contributed by atoms with Gasteiger partial charge in [0.15, 0.2) is 0 Å². The first kappa shape index (κ1) is 15.7. The van der Waals surface area contributed by atoms with Crippen LogP contribution in [-0.2, 0) is 0 Å². The maximum atomic E-state index is 13.2. The van der Waals surface area contributed by atoms with Crippen molar-refractivity contribution in [3.8, 4) is 5.75 Å². The lowest BCUT2D eigenvalue weighted by atomic mass is 9.77. The van der Waals surface area contributed by atoms with Gasteiger partial charge >= 0.3 is 0 Å². The number of nitrogens with one attached hydrogen (secondary N) is 1. The van der Waals surface area contributed by atoms with E-state index in [0.717, 1.165) is 31.0 Å². The SMILES string of the molecule is CC1CCC(NC(=O)c2cc(F)ccc2O)(C(N)=S)CC1. The average Bonchev–Trinajstić information content (AvgIpc) is 2.44. The molecule has 4 nitrogen and oxygen atoms in total. The van der Waals surface area contributed by atoms with Gasteiger partial charge in [0.2, 0.25) is 0 Å². The number of amides is 1. The Morgan fingerprint density at radius 2 is 2.10 bits per heavy atom. The fraction of sp³-hybridized carbons (Fsp3) is 0.467. The van der Waals surface area contributed by atoms with Crippen molar-refractivity contribution in [2.75, 3.05) is 0 Å². The van der Waals surface area contributed by atoms with E-state index in [2.05, 4.69) is 12.2 Å². The van der Waals surface area contributed by atoms with Gasteiger partial charge in [-0.3, -0.25) is 4.79 Å². The van der Waals surface area contributed by atoms with Gasteiger partial charge in [0.25, 0.3) is 5.91 Å². The van der Waals surface area contributed by atoms with Gasteiger partial charge < -0.3 is 16.2 Å². The van der Waals surface area contributed by atoms with Crippen LogP contribution in [0.15, 0.2) is 18.2 Å². The van der Waals surface area contributed by atoms with Crippen LogP contribution in [0.5, 0.6) is 5.75 Å². The number of hydrogen-bond donors (Lipinski definition) is 3. The highest BCUT2D eigenvalue weighted by Gasteiger charge is 2.38. The first-order chi connectivity index (χ1) is 9.84. The molecule has 0 bridgehead atoms. The number of nitrogens with two attached hydrogens (primary N) is 1. The highest BCUT2D eigenvalue weighted by molar-refractivity contribution is 7.80. The molecule has 1 aliphatic rings. The van der Waals surface area contributed by atoms with Gasteiger partial charge in [-0.1, -0.05) is 19.1 Å². The molecular formula is C15H19FN2O2S. The number of rotatable bonds is 3. The number of phenols is 1. The number of phenolic OH excluding ortho intramolecular Hbond substituents is 1. The normalized spacial score (nSPS) is 25.3. The fourth-order valence-electron chi connectivity index (χ4n) is 2.66. The summed E-state index contributed by atoms with van der Waals surface area (Å²) in [7, 11) is 0. The molecule has 1 fully saturated rings. The molecule has 4 N–H and O–H groups in total. The van der Waals surface area contributed by atoms with Gasteiger partial charge in [0, 0.05) is 0 Å². The van der Waals surface area contributed by atoms with Crippen LogP contribution in [0.1, 0.15) is 43.0 Å². The molecule has 0 atom stereocenters. The average molecular weight is 310 g/mol. The van der Waals surface area contributed by atoms with Crippen LogP contribution in [0.25, 0.3) is 0 Å². The van der Waals surface area contributed by atoms with Gasteiger partial charge in [0.05, 0.1) is 16.1 Å². The van der Waals surface area contributed by atoms with Crippen molar-refractivity contribution in [2.24, 2.45) is 11.7 Å². The molecule has 0 saturated heterocycles. The van der Waals surface area contributed by atoms with Crippen molar-refractivity contribution < 1.29 is 14.3 Å². The van der Waals surface area contributed by atoms with E-state index in [4.69, 9.17) is 18.0 Å². The first-order valence-electron chi connectivity index (χ1n) is 6.95. The molecule has 114 valence electrons. The Bertz CT molecular complexity index is 569. The van der Waals surface area contributed by atoms with Crippen LogP contribution in [0.3, 0.4) is 0 Å². The Morgan fingerprint density at radius 1 is 1.48 bits per heavy atom. The summed E-state index contributed by atoms with van der Waals surface area (Å²) < 4.78 is 13.2. The summed E-state index contributed by atoms with van der Waals surface area (Å²) in [5.41, 5.74) is 4.96. The van der Waals surface area contributed by atoms with Crippen LogP contribution >= 0.6 is 12.2 Å². The Labute approximate surface area is 128 Å². The minimum atomic E-state index is -0.752. The first-order valence-corrected chi connectivity index (χ1v) is 7.36. The molecule has 0 aliphatic heterocycles. The largest absolute Gasteiger partial charge is 0.507 e.